The first-order valence-electron chi connectivity index (χ1n) is 8.31. The Balaban J connectivity index is 1.63. The van der Waals surface area contributed by atoms with Crippen LogP contribution in [0.3, 0.4) is 0 Å². The van der Waals surface area contributed by atoms with Gasteiger partial charge in [-0.25, -0.2) is 9.37 Å². The molecule has 2 N–H and O–H groups in total. The van der Waals surface area contributed by atoms with E-state index in [1.807, 2.05) is 18.2 Å². The number of para-hydroxylation sites is 1. The molecule has 0 spiro atoms. The number of amides is 1. The third-order valence-electron chi connectivity index (χ3n) is 3.91. The number of nitrogens with zero attached hydrogens (tertiary/aromatic N) is 3. The number of nitrogens with one attached hydrogen (secondary N) is 2. The summed E-state index contributed by atoms with van der Waals surface area (Å²) in [6.45, 7) is 0. The maximum Gasteiger partial charge on any atom is 0.269 e. The molecule has 1 amide bonds. The minimum atomic E-state index is -0.435. The molecule has 0 saturated carbocycles. The Kier molecular flexibility index (Phi) is 4.90. The van der Waals surface area contributed by atoms with Crippen LogP contribution in [-0.2, 0) is 4.79 Å². The summed E-state index contributed by atoms with van der Waals surface area (Å²) >= 11 is 1.10. The summed E-state index contributed by atoms with van der Waals surface area (Å²) in [4.78, 5) is 29.6. The average Bonchev–Trinajstić information content (AvgIpc) is 3.16. The molecule has 0 fully saturated rings. The second-order valence-electron chi connectivity index (χ2n) is 5.85. The number of rotatable bonds is 5. The van der Waals surface area contributed by atoms with Crippen molar-refractivity contribution in [3.63, 3.8) is 0 Å². The first-order valence-corrected chi connectivity index (χ1v) is 9.30. The number of hydrogen-bond donors (Lipinski definition) is 2. The van der Waals surface area contributed by atoms with Gasteiger partial charge in [0.05, 0.1) is 17.6 Å². The highest BCUT2D eigenvalue weighted by atomic mass is 32.2. The summed E-state index contributed by atoms with van der Waals surface area (Å²) in [6, 6.07) is 14.7. The monoisotopic (exact) mass is 395 g/mol. The Hall–Kier alpha value is -3.46. The second kappa shape index (κ2) is 7.65. The maximum absolute atomic E-state index is 13.3. The molecule has 0 bridgehead atoms. The summed E-state index contributed by atoms with van der Waals surface area (Å²) in [5.41, 5.74) is 1.07. The van der Waals surface area contributed by atoms with Crippen molar-refractivity contribution in [1.29, 1.82) is 0 Å². The topological polar surface area (TPSA) is 92.7 Å². The van der Waals surface area contributed by atoms with Crippen LogP contribution >= 0.6 is 11.8 Å². The molecule has 7 nitrogen and oxygen atoms in total. The number of H-pyrrole nitrogens is 1. The van der Waals surface area contributed by atoms with E-state index in [-0.39, 0.29) is 17.2 Å². The van der Waals surface area contributed by atoms with E-state index in [0.29, 0.717) is 27.6 Å². The zero-order valence-corrected chi connectivity index (χ0v) is 15.2. The molecule has 0 aliphatic heterocycles. The van der Waals surface area contributed by atoms with Crippen molar-refractivity contribution >= 4 is 34.4 Å². The van der Waals surface area contributed by atoms with Crippen molar-refractivity contribution in [1.82, 2.24) is 19.7 Å². The number of hydrogen-bond acceptors (Lipinski definition) is 5. The number of anilines is 1. The van der Waals surface area contributed by atoms with Gasteiger partial charge in [0.25, 0.3) is 5.56 Å². The Bertz CT molecular complexity index is 1210. The molecule has 0 unspecified atom stereocenters. The Labute approximate surface area is 162 Å². The van der Waals surface area contributed by atoms with Gasteiger partial charge in [0.15, 0.2) is 10.8 Å². The lowest BCUT2D eigenvalue weighted by Crippen LogP contribution is -2.22. The van der Waals surface area contributed by atoms with Crippen molar-refractivity contribution in [2.24, 2.45) is 0 Å². The zero-order valence-electron chi connectivity index (χ0n) is 14.4. The molecule has 4 aromatic rings. The van der Waals surface area contributed by atoms with Gasteiger partial charge < -0.3 is 5.32 Å². The van der Waals surface area contributed by atoms with E-state index in [4.69, 9.17) is 0 Å². The van der Waals surface area contributed by atoms with Crippen molar-refractivity contribution in [3.05, 3.63) is 77.0 Å². The molecular weight excluding hydrogens is 381 g/mol. The van der Waals surface area contributed by atoms with Crippen LogP contribution < -0.4 is 10.9 Å². The fraction of sp³-hybridized carbons (Fsp3) is 0.0526. The number of halogens is 1. The first-order chi connectivity index (χ1) is 13.6. The summed E-state index contributed by atoms with van der Waals surface area (Å²) in [5.74, 6) is -0.779. The van der Waals surface area contributed by atoms with E-state index in [9.17, 15) is 14.0 Å². The number of carbonyl (C=O) groups is 1. The molecule has 0 radical (unpaired) electrons. The molecular formula is C19H14FN5O2S. The second-order valence-corrected chi connectivity index (χ2v) is 6.79. The average molecular weight is 395 g/mol. The van der Waals surface area contributed by atoms with E-state index >= 15 is 0 Å². The zero-order chi connectivity index (χ0) is 19.5. The number of carbonyl (C=O) groups excluding carboxylic acids is 1. The quantitative estimate of drug-likeness (QED) is 0.400. The molecule has 9 heteroatoms. The molecule has 0 aliphatic carbocycles. The van der Waals surface area contributed by atoms with Gasteiger partial charge in [-0.2, -0.15) is 5.10 Å². The van der Waals surface area contributed by atoms with Crippen LogP contribution in [0.1, 0.15) is 0 Å². The van der Waals surface area contributed by atoms with Crippen LogP contribution in [-0.4, -0.2) is 31.4 Å². The van der Waals surface area contributed by atoms with E-state index in [1.165, 1.54) is 29.0 Å². The van der Waals surface area contributed by atoms with Gasteiger partial charge in [-0.3, -0.25) is 19.3 Å². The van der Waals surface area contributed by atoms with Crippen LogP contribution in [0.25, 0.3) is 16.7 Å². The SMILES string of the molecule is O=C(CSc1nc2[nH]ncc2c(=O)n1-c1ccccc1)Nc1cccc(F)c1. The van der Waals surface area contributed by atoms with Gasteiger partial charge in [0.1, 0.15) is 11.2 Å². The summed E-state index contributed by atoms with van der Waals surface area (Å²) in [6.07, 6.45) is 1.43. The van der Waals surface area contributed by atoms with Crippen molar-refractivity contribution < 1.29 is 9.18 Å². The van der Waals surface area contributed by atoms with Crippen molar-refractivity contribution in [3.8, 4) is 5.69 Å². The summed E-state index contributed by atoms with van der Waals surface area (Å²) < 4.78 is 14.7. The Morgan fingerprint density at radius 2 is 2.00 bits per heavy atom. The highest BCUT2D eigenvalue weighted by Gasteiger charge is 2.16. The van der Waals surface area contributed by atoms with Crippen LogP contribution in [0, 0.1) is 5.82 Å². The molecule has 4 rings (SSSR count). The van der Waals surface area contributed by atoms with E-state index in [1.54, 1.807) is 18.2 Å². The molecule has 0 saturated heterocycles. The highest BCUT2D eigenvalue weighted by molar-refractivity contribution is 7.99. The smallest absolute Gasteiger partial charge is 0.269 e. The minimum absolute atomic E-state index is 0.00453. The van der Waals surface area contributed by atoms with E-state index in [0.717, 1.165) is 11.8 Å². The predicted octanol–water partition coefficient (Wildman–Crippen LogP) is 2.98. The molecule has 28 heavy (non-hydrogen) atoms. The number of aromatic nitrogens is 4. The fourth-order valence-corrected chi connectivity index (χ4v) is 3.47. The van der Waals surface area contributed by atoms with Gasteiger partial charge in [-0.05, 0) is 30.3 Å². The third kappa shape index (κ3) is 3.65. The first kappa shape index (κ1) is 17.9. The van der Waals surface area contributed by atoms with E-state index in [2.05, 4.69) is 20.5 Å². The van der Waals surface area contributed by atoms with E-state index < -0.39 is 5.82 Å². The normalized spacial score (nSPS) is 10.9. The largest absolute Gasteiger partial charge is 0.325 e. The number of benzene rings is 2. The molecule has 0 atom stereocenters. The van der Waals surface area contributed by atoms with Gasteiger partial charge >= 0.3 is 0 Å². The lowest BCUT2D eigenvalue weighted by molar-refractivity contribution is -0.113. The number of thioether (sulfide) groups is 1. The van der Waals surface area contributed by atoms with Gasteiger partial charge in [-0.15, -0.1) is 0 Å². The Morgan fingerprint density at radius 3 is 2.79 bits per heavy atom. The number of aromatic amines is 1. The third-order valence-corrected chi connectivity index (χ3v) is 4.85. The van der Waals surface area contributed by atoms with Crippen LogP contribution in [0.15, 0.2) is 70.7 Å². The molecule has 2 heterocycles. The predicted molar refractivity (Wildman–Crippen MR) is 105 cm³/mol. The lowest BCUT2D eigenvalue weighted by atomic mass is 10.3. The van der Waals surface area contributed by atoms with Gasteiger partial charge in [-0.1, -0.05) is 36.0 Å². The summed E-state index contributed by atoms with van der Waals surface area (Å²) in [7, 11) is 0. The standard InChI is InChI=1S/C19H14FN5O2S/c20-12-5-4-6-13(9-12)22-16(26)11-28-19-23-17-15(10-21-24-17)18(27)25(19)14-7-2-1-3-8-14/h1-10H,11H2,(H,21,24)(H,22,26). The maximum atomic E-state index is 13.3. The molecule has 2 aromatic carbocycles. The van der Waals surface area contributed by atoms with Crippen LogP contribution in [0.2, 0.25) is 0 Å². The molecule has 0 aliphatic rings. The lowest BCUT2D eigenvalue weighted by Gasteiger charge is -2.11. The molecule has 140 valence electrons. The minimum Gasteiger partial charge on any atom is -0.325 e. The molecule has 2 aromatic heterocycles. The summed E-state index contributed by atoms with van der Waals surface area (Å²) in [5, 5.41) is 9.89. The van der Waals surface area contributed by atoms with Crippen LogP contribution in [0.4, 0.5) is 10.1 Å². The van der Waals surface area contributed by atoms with Crippen molar-refractivity contribution in [2.75, 3.05) is 11.1 Å². The fourth-order valence-electron chi connectivity index (χ4n) is 2.67. The Morgan fingerprint density at radius 1 is 1.18 bits per heavy atom. The highest BCUT2D eigenvalue weighted by Crippen LogP contribution is 2.21. The van der Waals surface area contributed by atoms with Crippen LogP contribution in [0.5, 0.6) is 0 Å². The van der Waals surface area contributed by atoms with Gasteiger partial charge in [0.2, 0.25) is 5.91 Å². The van der Waals surface area contributed by atoms with Gasteiger partial charge in [0, 0.05) is 5.69 Å². The van der Waals surface area contributed by atoms with Crippen molar-refractivity contribution in [2.45, 2.75) is 5.16 Å². The number of fused-ring (bicyclic) bond motifs is 1.